The third-order valence-corrected chi connectivity index (χ3v) is 3.22. The Morgan fingerprint density at radius 1 is 1.00 bits per heavy atom. The summed E-state index contributed by atoms with van der Waals surface area (Å²) in [6.07, 6.45) is 1.27. The average Bonchev–Trinajstić information content (AvgIpc) is 2.24. The highest BCUT2D eigenvalue weighted by molar-refractivity contribution is 4.73. The first kappa shape index (κ1) is 13.9. The minimum atomic E-state index is 0.265. The van der Waals surface area contributed by atoms with E-state index in [1.807, 2.05) is 0 Å². The van der Waals surface area contributed by atoms with E-state index in [-0.39, 0.29) is 5.54 Å². The summed E-state index contributed by atoms with van der Waals surface area (Å²) in [5.41, 5.74) is 0.265. The van der Waals surface area contributed by atoms with Gasteiger partial charge in [-0.1, -0.05) is 6.92 Å². The molecule has 0 aliphatic carbocycles. The minimum absolute atomic E-state index is 0.265. The van der Waals surface area contributed by atoms with Crippen LogP contribution in [0, 0.1) is 0 Å². The second-order valence-corrected chi connectivity index (χ2v) is 5.81. The predicted octanol–water partition coefficient (Wildman–Crippen LogP) is 1.40. The van der Waals surface area contributed by atoms with Crippen molar-refractivity contribution < 1.29 is 0 Å². The summed E-state index contributed by atoms with van der Waals surface area (Å²) in [4.78, 5) is 5.13. The maximum atomic E-state index is 3.54. The average molecular weight is 227 g/mol. The largest absolute Gasteiger partial charge is 0.312 e. The van der Waals surface area contributed by atoms with Gasteiger partial charge in [-0.3, -0.25) is 0 Å². The van der Waals surface area contributed by atoms with Crippen molar-refractivity contribution in [1.29, 1.82) is 0 Å². The van der Waals surface area contributed by atoms with E-state index in [4.69, 9.17) is 0 Å². The first-order valence-corrected chi connectivity index (χ1v) is 6.71. The number of nitrogens with zero attached hydrogens (tertiary/aromatic N) is 2. The molecule has 1 heterocycles. The Bertz CT molecular complexity index is 178. The molecule has 1 N–H and O–H groups in total. The third kappa shape index (κ3) is 5.83. The molecule has 1 aliphatic heterocycles. The van der Waals surface area contributed by atoms with E-state index in [1.54, 1.807) is 0 Å². The van der Waals surface area contributed by atoms with E-state index in [0.29, 0.717) is 0 Å². The van der Waals surface area contributed by atoms with E-state index in [0.717, 1.165) is 6.54 Å². The van der Waals surface area contributed by atoms with Gasteiger partial charge in [0.1, 0.15) is 0 Å². The summed E-state index contributed by atoms with van der Waals surface area (Å²) in [6.45, 7) is 17.5. The Morgan fingerprint density at radius 3 is 2.06 bits per heavy atom. The van der Waals surface area contributed by atoms with Crippen LogP contribution in [0.3, 0.4) is 0 Å². The van der Waals surface area contributed by atoms with Crippen molar-refractivity contribution in [1.82, 2.24) is 15.1 Å². The molecule has 0 aromatic heterocycles. The monoisotopic (exact) mass is 227 g/mol. The molecular formula is C13H29N3. The summed E-state index contributed by atoms with van der Waals surface area (Å²) in [6, 6.07) is 0. The molecule has 0 aromatic rings. The molecule has 3 nitrogen and oxygen atoms in total. The Labute approximate surface area is 101 Å². The molecule has 0 bridgehead atoms. The fourth-order valence-electron chi connectivity index (χ4n) is 2.10. The maximum Gasteiger partial charge on any atom is 0.0110 e. The van der Waals surface area contributed by atoms with Crippen molar-refractivity contribution in [2.24, 2.45) is 0 Å². The van der Waals surface area contributed by atoms with Gasteiger partial charge in [0.15, 0.2) is 0 Å². The molecule has 1 rings (SSSR count). The Kier molecular flexibility index (Phi) is 5.73. The highest BCUT2D eigenvalue weighted by Crippen LogP contribution is 2.02. The zero-order chi connectivity index (χ0) is 12.0. The van der Waals surface area contributed by atoms with Crippen molar-refractivity contribution in [2.75, 3.05) is 45.8 Å². The lowest BCUT2D eigenvalue weighted by Crippen LogP contribution is -2.47. The summed E-state index contributed by atoms with van der Waals surface area (Å²) in [5.74, 6) is 0. The van der Waals surface area contributed by atoms with Gasteiger partial charge in [0.2, 0.25) is 0 Å². The number of nitrogens with one attached hydrogen (secondary N) is 1. The van der Waals surface area contributed by atoms with Crippen LogP contribution in [0.25, 0.3) is 0 Å². The molecule has 0 saturated carbocycles. The lowest BCUT2D eigenvalue weighted by atomic mass is 10.1. The van der Waals surface area contributed by atoms with E-state index in [2.05, 4.69) is 42.8 Å². The second-order valence-electron chi connectivity index (χ2n) is 5.81. The second kappa shape index (κ2) is 6.58. The summed E-state index contributed by atoms with van der Waals surface area (Å²) in [5, 5.41) is 3.54. The third-order valence-electron chi connectivity index (χ3n) is 3.22. The van der Waals surface area contributed by atoms with Gasteiger partial charge < -0.3 is 15.1 Å². The number of hydrogen-bond donors (Lipinski definition) is 1. The molecule has 96 valence electrons. The van der Waals surface area contributed by atoms with Crippen LogP contribution in [0.2, 0.25) is 0 Å². The predicted molar refractivity (Wildman–Crippen MR) is 70.9 cm³/mol. The number of piperazine rings is 1. The van der Waals surface area contributed by atoms with E-state index in [1.165, 1.54) is 45.7 Å². The molecule has 1 saturated heterocycles. The molecule has 0 unspecified atom stereocenters. The van der Waals surface area contributed by atoms with Crippen LogP contribution in [0.15, 0.2) is 0 Å². The minimum Gasteiger partial charge on any atom is -0.312 e. The smallest absolute Gasteiger partial charge is 0.0110 e. The fraction of sp³-hybridized carbons (Fsp3) is 1.00. The molecule has 16 heavy (non-hydrogen) atoms. The van der Waals surface area contributed by atoms with Gasteiger partial charge in [0.25, 0.3) is 0 Å². The van der Waals surface area contributed by atoms with Gasteiger partial charge in [-0.05, 0) is 46.8 Å². The maximum absolute atomic E-state index is 3.54. The Balaban J connectivity index is 2.02. The van der Waals surface area contributed by atoms with Crippen molar-refractivity contribution >= 4 is 0 Å². The zero-order valence-electron chi connectivity index (χ0n) is 11.6. The summed E-state index contributed by atoms with van der Waals surface area (Å²) < 4.78 is 0. The number of likely N-dealkylation sites (N-methyl/N-ethyl adjacent to an activating group) is 1. The quantitative estimate of drug-likeness (QED) is 0.716. The van der Waals surface area contributed by atoms with Gasteiger partial charge in [-0.2, -0.15) is 0 Å². The van der Waals surface area contributed by atoms with E-state index >= 15 is 0 Å². The van der Waals surface area contributed by atoms with Gasteiger partial charge >= 0.3 is 0 Å². The number of hydrogen-bond acceptors (Lipinski definition) is 3. The fourth-order valence-corrected chi connectivity index (χ4v) is 2.10. The van der Waals surface area contributed by atoms with Gasteiger partial charge in [-0.15, -0.1) is 0 Å². The van der Waals surface area contributed by atoms with Gasteiger partial charge in [-0.25, -0.2) is 0 Å². The van der Waals surface area contributed by atoms with Crippen LogP contribution in [0.4, 0.5) is 0 Å². The zero-order valence-corrected chi connectivity index (χ0v) is 11.6. The highest BCUT2D eigenvalue weighted by Gasteiger charge is 2.15. The van der Waals surface area contributed by atoms with Crippen LogP contribution in [0.1, 0.15) is 34.1 Å². The van der Waals surface area contributed by atoms with E-state index < -0.39 is 0 Å². The van der Waals surface area contributed by atoms with Crippen molar-refractivity contribution in [3.8, 4) is 0 Å². The summed E-state index contributed by atoms with van der Waals surface area (Å²) >= 11 is 0. The van der Waals surface area contributed by atoms with E-state index in [9.17, 15) is 0 Å². The normalized spacial score (nSPS) is 20.2. The lowest BCUT2D eigenvalue weighted by Gasteiger charge is -2.34. The van der Waals surface area contributed by atoms with Crippen LogP contribution in [-0.4, -0.2) is 61.2 Å². The molecule has 0 radical (unpaired) electrons. The molecule has 1 fully saturated rings. The standard InChI is InChI=1S/C13H29N3/c1-5-15-9-11-16(12-10-15)8-6-7-14-13(2,3)4/h14H,5-12H2,1-4H3. The molecule has 0 atom stereocenters. The Hall–Kier alpha value is -0.120. The lowest BCUT2D eigenvalue weighted by molar-refractivity contribution is 0.135. The van der Waals surface area contributed by atoms with Crippen LogP contribution >= 0.6 is 0 Å². The van der Waals surface area contributed by atoms with Crippen LogP contribution in [0.5, 0.6) is 0 Å². The molecule has 0 spiro atoms. The topological polar surface area (TPSA) is 18.5 Å². The van der Waals surface area contributed by atoms with Crippen LogP contribution in [-0.2, 0) is 0 Å². The molecule has 0 aromatic carbocycles. The molecule has 3 heteroatoms. The van der Waals surface area contributed by atoms with Crippen molar-refractivity contribution in [3.63, 3.8) is 0 Å². The van der Waals surface area contributed by atoms with Crippen molar-refractivity contribution in [3.05, 3.63) is 0 Å². The summed E-state index contributed by atoms with van der Waals surface area (Å²) in [7, 11) is 0. The molecule has 0 amide bonds. The van der Waals surface area contributed by atoms with Crippen LogP contribution < -0.4 is 5.32 Å². The Morgan fingerprint density at radius 2 is 1.56 bits per heavy atom. The van der Waals surface area contributed by atoms with Gasteiger partial charge in [0, 0.05) is 31.7 Å². The molecule has 1 aliphatic rings. The molecular weight excluding hydrogens is 198 g/mol. The number of rotatable bonds is 5. The van der Waals surface area contributed by atoms with Crippen molar-refractivity contribution in [2.45, 2.75) is 39.7 Å². The SMILES string of the molecule is CCN1CCN(CCCNC(C)(C)C)CC1. The first-order valence-electron chi connectivity index (χ1n) is 6.71. The highest BCUT2D eigenvalue weighted by atomic mass is 15.3. The van der Waals surface area contributed by atoms with Gasteiger partial charge in [0.05, 0.1) is 0 Å². The first-order chi connectivity index (χ1) is 7.51.